The average molecular weight is 427 g/mol. The van der Waals surface area contributed by atoms with E-state index in [0.29, 0.717) is 0 Å². The SMILES string of the molecule is CN=C(NCCc1cnn(-c2ccccc2)c1)NC(C)(C)C.I. The summed E-state index contributed by atoms with van der Waals surface area (Å²) < 4.78 is 1.90. The summed E-state index contributed by atoms with van der Waals surface area (Å²) >= 11 is 0. The maximum atomic E-state index is 4.41. The lowest BCUT2D eigenvalue weighted by atomic mass is 10.1. The molecule has 0 atom stereocenters. The van der Waals surface area contributed by atoms with Crippen LogP contribution in [-0.2, 0) is 6.42 Å². The molecule has 23 heavy (non-hydrogen) atoms. The van der Waals surface area contributed by atoms with Crippen molar-refractivity contribution in [1.29, 1.82) is 0 Å². The number of hydrogen-bond acceptors (Lipinski definition) is 2. The lowest BCUT2D eigenvalue weighted by molar-refractivity contribution is 0.501. The van der Waals surface area contributed by atoms with E-state index in [4.69, 9.17) is 0 Å². The first-order valence-corrected chi connectivity index (χ1v) is 7.56. The molecule has 126 valence electrons. The standard InChI is InChI=1S/C17H25N5.HI/c1-17(2,3)21-16(18-4)19-11-10-14-12-20-22(13-14)15-8-6-5-7-9-15;/h5-9,12-13H,10-11H2,1-4H3,(H2,18,19,21);1H. The molecule has 6 heteroatoms. The van der Waals surface area contributed by atoms with Crippen LogP contribution in [0.2, 0.25) is 0 Å². The van der Waals surface area contributed by atoms with Gasteiger partial charge in [-0.15, -0.1) is 24.0 Å². The first kappa shape index (κ1) is 19.5. The van der Waals surface area contributed by atoms with E-state index in [-0.39, 0.29) is 29.5 Å². The van der Waals surface area contributed by atoms with E-state index in [1.807, 2.05) is 41.2 Å². The Kier molecular flexibility index (Phi) is 7.54. The monoisotopic (exact) mass is 427 g/mol. The van der Waals surface area contributed by atoms with Crippen molar-refractivity contribution in [1.82, 2.24) is 20.4 Å². The minimum atomic E-state index is 0. The van der Waals surface area contributed by atoms with Gasteiger partial charge in [0, 0.05) is 25.3 Å². The predicted molar refractivity (Wildman–Crippen MR) is 107 cm³/mol. The second-order valence-corrected chi connectivity index (χ2v) is 6.25. The zero-order valence-electron chi connectivity index (χ0n) is 14.2. The van der Waals surface area contributed by atoms with Gasteiger partial charge in [0.25, 0.3) is 0 Å². The highest BCUT2D eigenvalue weighted by atomic mass is 127. The number of nitrogens with one attached hydrogen (secondary N) is 2. The molecule has 0 aliphatic carbocycles. The molecule has 1 aromatic heterocycles. The fourth-order valence-corrected chi connectivity index (χ4v) is 2.07. The Bertz CT molecular complexity index is 613. The van der Waals surface area contributed by atoms with E-state index in [0.717, 1.165) is 24.6 Å². The van der Waals surface area contributed by atoms with E-state index in [1.165, 1.54) is 5.56 Å². The predicted octanol–water partition coefficient (Wildman–Crippen LogP) is 3.00. The van der Waals surface area contributed by atoms with Crippen LogP contribution in [0.15, 0.2) is 47.7 Å². The van der Waals surface area contributed by atoms with Crippen LogP contribution in [0.3, 0.4) is 0 Å². The van der Waals surface area contributed by atoms with Crippen LogP contribution in [0.1, 0.15) is 26.3 Å². The summed E-state index contributed by atoms with van der Waals surface area (Å²) in [6, 6.07) is 10.1. The van der Waals surface area contributed by atoms with Crippen LogP contribution in [0, 0.1) is 0 Å². The summed E-state index contributed by atoms with van der Waals surface area (Å²) in [5, 5.41) is 11.1. The average Bonchev–Trinajstić information content (AvgIpc) is 2.95. The van der Waals surface area contributed by atoms with Crippen molar-refractivity contribution in [3.05, 3.63) is 48.3 Å². The summed E-state index contributed by atoms with van der Waals surface area (Å²) in [6.07, 6.45) is 4.88. The minimum Gasteiger partial charge on any atom is -0.356 e. The number of rotatable bonds is 4. The van der Waals surface area contributed by atoms with Gasteiger partial charge in [-0.2, -0.15) is 5.10 Å². The molecule has 0 aliphatic heterocycles. The number of aliphatic imine (C=N–C) groups is 1. The van der Waals surface area contributed by atoms with Crippen molar-refractivity contribution in [2.45, 2.75) is 32.7 Å². The highest BCUT2D eigenvalue weighted by molar-refractivity contribution is 14.0. The van der Waals surface area contributed by atoms with Crippen molar-refractivity contribution in [3.8, 4) is 5.69 Å². The van der Waals surface area contributed by atoms with Crippen LogP contribution in [-0.4, -0.2) is 34.9 Å². The molecule has 0 amide bonds. The lowest BCUT2D eigenvalue weighted by Crippen LogP contribution is -2.47. The fraction of sp³-hybridized carbons (Fsp3) is 0.412. The Hall–Kier alpha value is -1.57. The molecule has 0 fully saturated rings. The number of benzene rings is 1. The number of aromatic nitrogens is 2. The minimum absolute atomic E-state index is 0. The number of guanidine groups is 1. The van der Waals surface area contributed by atoms with Crippen molar-refractivity contribution in [2.24, 2.45) is 4.99 Å². The van der Waals surface area contributed by atoms with E-state index in [9.17, 15) is 0 Å². The largest absolute Gasteiger partial charge is 0.356 e. The number of hydrogen-bond donors (Lipinski definition) is 2. The second kappa shape index (κ2) is 8.90. The van der Waals surface area contributed by atoms with Crippen molar-refractivity contribution < 1.29 is 0 Å². The van der Waals surface area contributed by atoms with Gasteiger partial charge < -0.3 is 10.6 Å². The van der Waals surface area contributed by atoms with Crippen molar-refractivity contribution >= 4 is 29.9 Å². The van der Waals surface area contributed by atoms with Crippen LogP contribution in [0.5, 0.6) is 0 Å². The molecule has 0 aliphatic rings. The van der Waals surface area contributed by atoms with Crippen molar-refractivity contribution in [3.63, 3.8) is 0 Å². The van der Waals surface area contributed by atoms with Gasteiger partial charge in [0.05, 0.1) is 11.9 Å². The molecule has 0 bridgehead atoms. The van der Waals surface area contributed by atoms with Gasteiger partial charge in [-0.05, 0) is 44.9 Å². The summed E-state index contributed by atoms with van der Waals surface area (Å²) in [6.45, 7) is 7.16. The fourth-order valence-electron chi connectivity index (χ4n) is 2.07. The van der Waals surface area contributed by atoms with Crippen LogP contribution < -0.4 is 10.6 Å². The third-order valence-electron chi connectivity index (χ3n) is 3.08. The highest BCUT2D eigenvalue weighted by Gasteiger charge is 2.11. The first-order chi connectivity index (χ1) is 10.5. The van der Waals surface area contributed by atoms with Crippen LogP contribution in [0.25, 0.3) is 5.69 Å². The van der Waals surface area contributed by atoms with Gasteiger partial charge in [0.2, 0.25) is 0 Å². The Morgan fingerprint density at radius 2 is 1.91 bits per heavy atom. The maximum absolute atomic E-state index is 4.41. The lowest BCUT2D eigenvalue weighted by Gasteiger charge is -2.23. The summed E-state index contributed by atoms with van der Waals surface area (Å²) in [5.74, 6) is 0.822. The molecule has 0 saturated heterocycles. The Balaban J connectivity index is 0.00000264. The molecule has 0 unspecified atom stereocenters. The molecule has 2 aromatic rings. The molecule has 0 radical (unpaired) electrons. The third-order valence-corrected chi connectivity index (χ3v) is 3.08. The third kappa shape index (κ3) is 6.60. The van der Waals surface area contributed by atoms with Gasteiger partial charge in [-0.1, -0.05) is 18.2 Å². The van der Waals surface area contributed by atoms with Gasteiger partial charge in [-0.25, -0.2) is 4.68 Å². The van der Waals surface area contributed by atoms with Gasteiger partial charge >= 0.3 is 0 Å². The number of halogens is 1. The molecule has 0 saturated carbocycles. The molecular formula is C17H26IN5. The molecule has 5 nitrogen and oxygen atoms in total. The smallest absolute Gasteiger partial charge is 0.191 e. The highest BCUT2D eigenvalue weighted by Crippen LogP contribution is 2.07. The molecule has 2 N–H and O–H groups in total. The van der Waals surface area contributed by atoms with Gasteiger partial charge in [0.1, 0.15) is 0 Å². The first-order valence-electron chi connectivity index (χ1n) is 7.56. The molecule has 0 spiro atoms. The molecule has 2 rings (SSSR count). The quantitative estimate of drug-likeness (QED) is 0.448. The zero-order chi connectivity index (χ0) is 16.0. The van der Waals surface area contributed by atoms with Crippen LogP contribution in [0.4, 0.5) is 0 Å². The Labute approximate surface area is 155 Å². The van der Waals surface area contributed by atoms with E-state index in [2.05, 4.69) is 47.7 Å². The van der Waals surface area contributed by atoms with E-state index in [1.54, 1.807) is 7.05 Å². The van der Waals surface area contributed by atoms with E-state index >= 15 is 0 Å². The number of para-hydroxylation sites is 1. The Morgan fingerprint density at radius 3 is 2.52 bits per heavy atom. The van der Waals surface area contributed by atoms with Gasteiger partial charge in [-0.3, -0.25) is 4.99 Å². The maximum Gasteiger partial charge on any atom is 0.191 e. The molecular weight excluding hydrogens is 401 g/mol. The summed E-state index contributed by atoms with van der Waals surface area (Å²) in [7, 11) is 1.79. The second-order valence-electron chi connectivity index (χ2n) is 6.25. The van der Waals surface area contributed by atoms with Gasteiger partial charge in [0.15, 0.2) is 5.96 Å². The molecule has 1 heterocycles. The van der Waals surface area contributed by atoms with E-state index < -0.39 is 0 Å². The summed E-state index contributed by atoms with van der Waals surface area (Å²) in [5.41, 5.74) is 2.27. The normalized spacial score (nSPS) is 11.7. The van der Waals surface area contributed by atoms with Crippen LogP contribution >= 0.6 is 24.0 Å². The zero-order valence-corrected chi connectivity index (χ0v) is 16.5. The Morgan fingerprint density at radius 1 is 1.22 bits per heavy atom. The topological polar surface area (TPSA) is 54.2 Å². The molecule has 1 aromatic carbocycles. The summed E-state index contributed by atoms with van der Waals surface area (Å²) in [4.78, 5) is 4.23. The van der Waals surface area contributed by atoms with Crippen molar-refractivity contribution in [2.75, 3.05) is 13.6 Å². The number of nitrogens with zero attached hydrogens (tertiary/aromatic N) is 3.